The number of hydrogen-bond acceptors (Lipinski definition) is 3. The van der Waals surface area contributed by atoms with Gasteiger partial charge in [0, 0.05) is 19.2 Å². The van der Waals surface area contributed by atoms with E-state index in [0.29, 0.717) is 0 Å². The van der Waals surface area contributed by atoms with Crippen LogP contribution in [-0.4, -0.2) is 30.7 Å². The maximum atomic E-state index is 11.5. The number of carbonyl (C=O) groups excluding carboxylic acids is 1. The Kier molecular flexibility index (Phi) is 2.93. The van der Waals surface area contributed by atoms with Crippen molar-refractivity contribution in [3.63, 3.8) is 0 Å². The Balaban J connectivity index is 2.33. The van der Waals surface area contributed by atoms with E-state index in [1.807, 2.05) is 0 Å². The molecule has 1 saturated carbocycles. The van der Waals surface area contributed by atoms with E-state index in [1.54, 1.807) is 13.8 Å². The fraction of sp³-hybridized carbons (Fsp3) is 0.889. The Morgan fingerprint density at radius 3 is 2.46 bits per heavy atom. The second-order valence-corrected chi connectivity index (χ2v) is 4.12. The zero-order valence-electron chi connectivity index (χ0n) is 8.46. The molecule has 1 rings (SSSR count). The summed E-state index contributed by atoms with van der Waals surface area (Å²) < 4.78 is 5.05. The molecular weight excluding hydrogens is 168 g/mol. The van der Waals surface area contributed by atoms with Gasteiger partial charge < -0.3 is 15.8 Å². The molecule has 0 bridgehead atoms. The van der Waals surface area contributed by atoms with Gasteiger partial charge in [-0.05, 0) is 26.7 Å². The summed E-state index contributed by atoms with van der Waals surface area (Å²) in [6.45, 7) is 3.50. The third-order valence-corrected chi connectivity index (χ3v) is 2.57. The van der Waals surface area contributed by atoms with Crippen molar-refractivity contribution in [1.82, 2.24) is 5.32 Å². The minimum Gasteiger partial charge on any atom is -0.369 e. The van der Waals surface area contributed by atoms with Crippen molar-refractivity contribution in [3.05, 3.63) is 0 Å². The maximum Gasteiger partial charge on any atom is 0.251 e. The summed E-state index contributed by atoms with van der Waals surface area (Å²) in [5.74, 6) is -0.0631. The largest absolute Gasteiger partial charge is 0.369 e. The Labute approximate surface area is 78.8 Å². The van der Waals surface area contributed by atoms with Crippen LogP contribution in [0.15, 0.2) is 0 Å². The van der Waals surface area contributed by atoms with Gasteiger partial charge in [0.05, 0.1) is 0 Å². The number of nitrogens with two attached hydrogens (primary N) is 1. The van der Waals surface area contributed by atoms with Crippen molar-refractivity contribution in [2.75, 3.05) is 7.11 Å². The first-order valence-corrected chi connectivity index (χ1v) is 4.57. The van der Waals surface area contributed by atoms with E-state index in [2.05, 4.69) is 5.32 Å². The maximum absolute atomic E-state index is 11.5. The lowest BCUT2D eigenvalue weighted by atomic mass is 9.87. The third-order valence-electron chi connectivity index (χ3n) is 2.57. The van der Waals surface area contributed by atoms with Crippen LogP contribution >= 0.6 is 0 Å². The molecule has 1 aliphatic carbocycles. The van der Waals surface area contributed by atoms with Crippen molar-refractivity contribution in [2.24, 2.45) is 5.73 Å². The van der Waals surface area contributed by atoms with Gasteiger partial charge in [0.2, 0.25) is 0 Å². The number of nitrogens with one attached hydrogen (secondary N) is 1. The van der Waals surface area contributed by atoms with Crippen LogP contribution in [0.4, 0.5) is 0 Å². The molecule has 0 aliphatic heterocycles. The second kappa shape index (κ2) is 3.64. The van der Waals surface area contributed by atoms with Crippen molar-refractivity contribution in [2.45, 2.75) is 44.4 Å². The summed E-state index contributed by atoms with van der Waals surface area (Å²) in [6.07, 6.45) is 1.76. The standard InChI is InChI=1S/C9H18N2O2/c1-9(2,13-3)8(12)11-7-4-6(10)5-7/h6-7H,4-5,10H2,1-3H3,(H,11,12). The Hall–Kier alpha value is -0.610. The minimum atomic E-state index is -0.736. The highest BCUT2D eigenvalue weighted by molar-refractivity contribution is 5.84. The zero-order valence-corrected chi connectivity index (χ0v) is 8.46. The van der Waals surface area contributed by atoms with E-state index in [9.17, 15) is 4.79 Å². The summed E-state index contributed by atoms with van der Waals surface area (Å²) >= 11 is 0. The molecule has 0 aromatic rings. The molecule has 4 heteroatoms. The smallest absolute Gasteiger partial charge is 0.251 e. The lowest BCUT2D eigenvalue weighted by Gasteiger charge is -2.35. The van der Waals surface area contributed by atoms with E-state index in [1.165, 1.54) is 7.11 Å². The van der Waals surface area contributed by atoms with Gasteiger partial charge in [-0.1, -0.05) is 0 Å². The van der Waals surface area contributed by atoms with Crippen LogP contribution < -0.4 is 11.1 Å². The molecule has 4 nitrogen and oxygen atoms in total. The van der Waals surface area contributed by atoms with Crippen molar-refractivity contribution in [3.8, 4) is 0 Å². The molecule has 0 saturated heterocycles. The molecule has 0 aromatic carbocycles. The van der Waals surface area contributed by atoms with Crippen LogP contribution in [0, 0.1) is 0 Å². The first-order chi connectivity index (χ1) is 5.95. The van der Waals surface area contributed by atoms with Gasteiger partial charge in [-0.25, -0.2) is 0 Å². The molecule has 0 spiro atoms. The summed E-state index contributed by atoms with van der Waals surface area (Å²) in [6, 6.07) is 0.507. The summed E-state index contributed by atoms with van der Waals surface area (Å²) in [5.41, 5.74) is 4.87. The fourth-order valence-corrected chi connectivity index (χ4v) is 1.23. The van der Waals surface area contributed by atoms with Gasteiger partial charge in [0.25, 0.3) is 5.91 Å². The summed E-state index contributed by atoms with van der Waals surface area (Å²) in [7, 11) is 1.53. The topological polar surface area (TPSA) is 64.3 Å². The molecule has 0 unspecified atom stereocenters. The molecule has 3 N–H and O–H groups in total. The molecule has 0 heterocycles. The van der Waals surface area contributed by atoms with Gasteiger partial charge in [-0.3, -0.25) is 4.79 Å². The number of rotatable bonds is 3. The number of ether oxygens (including phenoxy) is 1. The molecule has 76 valence electrons. The molecule has 0 radical (unpaired) electrons. The second-order valence-electron chi connectivity index (χ2n) is 4.12. The first kappa shape index (κ1) is 10.5. The number of carbonyl (C=O) groups is 1. The Bertz CT molecular complexity index is 198. The monoisotopic (exact) mass is 186 g/mol. The molecule has 1 aliphatic rings. The van der Waals surface area contributed by atoms with Gasteiger partial charge in [0.1, 0.15) is 5.60 Å². The van der Waals surface area contributed by atoms with Crippen LogP contribution in [0.25, 0.3) is 0 Å². The van der Waals surface area contributed by atoms with Crippen molar-refractivity contribution in [1.29, 1.82) is 0 Å². The minimum absolute atomic E-state index is 0.0631. The number of hydrogen-bond donors (Lipinski definition) is 2. The predicted octanol–water partition coefficient (Wildman–Crippen LogP) is 0.0173. The first-order valence-electron chi connectivity index (χ1n) is 4.57. The van der Waals surface area contributed by atoms with E-state index < -0.39 is 5.60 Å². The van der Waals surface area contributed by atoms with Crippen LogP contribution in [-0.2, 0) is 9.53 Å². The molecule has 1 fully saturated rings. The average Bonchev–Trinajstić information content (AvgIpc) is 2.01. The molecule has 1 amide bonds. The molecule has 0 atom stereocenters. The Morgan fingerprint density at radius 1 is 1.54 bits per heavy atom. The highest BCUT2D eigenvalue weighted by atomic mass is 16.5. The van der Waals surface area contributed by atoms with Crippen molar-refractivity contribution < 1.29 is 9.53 Å². The highest BCUT2D eigenvalue weighted by Gasteiger charge is 2.33. The van der Waals surface area contributed by atoms with Crippen LogP contribution in [0.2, 0.25) is 0 Å². The summed E-state index contributed by atoms with van der Waals surface area (Å²) in [5, 5.41) is 2.89. The van der Waals surface area contributed by atoms with Crippen molar-refractivity contribution >= 4 is 5.91 Å². The van der Waals surface area contributed by atoms with Gasteiger partial charge in [-0.15, -0.1) is 0 Å². The van der Waals surface area contributed by atoms with Crippen LogP contribution in [0.1, 0.15) is 26.7 Å². The molecule has 0 aromatic heterocycles. The highest BCUT2D eigenvalue weighted by Crippen LogP contribution is 2.18. The number of amides is 1. The van der Waals surface area contributed by atoms with Gasteiger partial charge in [-0.2, -0.15) is 0 Å². The molecular formula is C9H18N2O2. The van der Waals surface area contributed by atoms with Gasteiger partial charge in [0.15, 0.2) is 0 Å². The SMILES string of the molecule is COC(C)(C)C(=O)NC1CC(N)C1. The van der Waals surface area contributed by atoms with E-state index in [-0.39, 0.29) is 18.0 Å². The molecule has 13 heavy (non-hydrogen) atoms. The normalized spacial score (nSPS) is 28.0. The van der Waals surface area contributed by atoms with Crippen LogP contribution in [0.3, 0.4) is 0 Å². The van der Waals surface area contributed by atoms with E-state index in [4.69, 9.17) is 10.5 Å². The number of methoxy groups -OCH3 is 1. The van der Waals surface area contributed by atoms with Gasteiger partial charge >= 0.3 is 0 Å². The van der Waals surface area contributed by atoms with E-state index in [0.717, 1.165) is 12.8 Å². The quantitative estimate of drug-likeness (QED) is 0.653. The lowest BCUT2D eigenvalue weighted by Crippen LogP contribution is -2.55. The third kappa shape index (κ3) is 2.42. The summed E-state index contributed by atoms with van der Waals surface area (Å²) in [4.78, 5) is 11.5. The fourth-order valence-electron chi connectivity index (χ4n) is 1.23. The average molecular weight is 186 g/mol. The van der Waals surface area contributed by atoms with Crippen LogP contribution in [0.5, 0.6) is 0 Å². The Morgan fingerprint density at radius 2 is 2.08 bits per heavy atom. The predicted molar refractivity (Wildman–Crippen MR) is 50.2 cm³/mol. The van der Waals surface area contributed by atoms with E-state index >= 15 is 0 Å². The zero-order chi connectivity index (χ0) is 10.1. The lowest BCUT2D eigenvalue weighted by molar-refractivity contribution is -0.140.